The molecule has 6 heteroatoms. The summed E-state index contributed by atoms with van der Waals surface area (Å²) in [6.45, 7) is 5.95. The van der Waals surface area contributed by atoms with Gasteiger partial charge in [0.25, 0.3) is 0 Å². The molecule has 0 fully saturated rings. The van der Waals surface area contributed by atoms with Gasteiger partial charge in [0.1, 0.15) is 10.4 Å². The van der Waals surface area contributed by atoms with Crippen molar-refractivity contribution in [1.29, 1.82) is 5.26 Å². The van der Waals surface area contributed by atoms with Gasteiger partial charge in [-0.2, -0.15) is 5.26 Å². The normalized spacial score (nSPS) is 11.1. The lowest BCUT2D eigenvalue weighted by atomic mass is 9.80. The van der Waals surface area contributed by atoms with Crippen LogP contribution in [0.15, 0.2) is 0 Å². The maximum Gasteiger partial charge on any atom is 0.246 e. The lowest BCUT2D eigenvalue weighted by Crippen LogP contribution is -2.35. The Labute approximate surface area is 118 Å². The first-order valence-corrected chi connectivity index (χ1v) is 7.48. The van der Waals surface area contributed by atoms with Crippen LogP contribution in [0.25, 0.3) is 0 Å². The van der Waals surface area contributed by atoms with E-state index < -0.39 is 5.41 Å². The van der Waals surface area contributed by atoms with Crippen LogP contribution in [0.2, 0.25) is 0 Å². The van der Waals surface area contributed by atoms with Crippen molar-refractivity contribution in [1.82, 2.24) is 10.2 Å². The fourth-order valence-electron chi connectivity index (χ4n) is 2.03. The maximum atomic E-state index is 12.3. The fourth-order valence-corrected chi connectivity index (χ4v) is 2.71. The van der Waals surface area contributed by atoms with Gasteiger partial charge in [-0.3, -0.25) is 10.1 Å². The van der Waals surface area contributed by atoms with Gasteiger partial charge in [-0.1, -0.05) is 44.9 Å². The third-order valence-electron chi connectivity index (χ3n) is 2.99. The Morgan fingerprint density at radius 1 is 1.32 bits per heavy atom. The van der Waals surface area contributed by atoms with Crippen LogP contribution in [0.5, 0.6) is 0 Å². The van der Waals surface area contributed by atoms with Gasteiger partial charge in [0.15, 0.2) is 0 Å². The number of anilines is 1. The Hall–Kier alpha value is -1.48. The lowest BCUT2D eigenvalue weighted by molar-refractivity contribution is -0.123. The van der Waals surface area contributed by atoms with Crippen molar-refractivity contribution in [2.45, 2.75) is 52.9 Å². The highest BCUT2D eigenvalue weighted by atomic mass is 32.1. The number of aryl methyl sites for hydroxylation is 1. The number of hydrogen-bond acceptors (Lipinski definition) is 5. The number of aromatic nitrogens is 2. The molecule has 1 N–H and O–H groups in total. The third-order valence-corrected chi connectivity index (χ3v) is 3.97. The summed E-state index contributed by atoms with van der Waals surface area (Å²) in [6, 6.07) is 2.20. The first-order valence-electron chi connectivity index (χ1n) is 6.67. The molecule has 1 rings (SSSR count). The minimum absolute atomic E-state index is 0.252. The lowest BCUT2D eigenvalue weighted by Gasteiger charge is -2.23. The molecular weight excluding hydrogens is 260 g/mol. The van der Waals surface area contributed by atoms with Crippen molar-refractivity contribution in [3.63, 3.8) is 0 Å². The zero-order valence-electron chi connectivity index (χ0n) is 11.7. The smallest absolute Gasteiger partial charge is 0.246 e. The van der Waals surface area contributed by atoms with Crippen molar-refractivity contribution in [2.75, 3.05) is 5.32 Å². The number of carbonyl (C=O) groups excluding carboxylic acids is 1. The van der Waals surface area contributed by atoms with E-state index in [1.54, 1.807) is 0 Å². The number of hydrogen-bond donors (Lipinski definition) is 1. The van der Waals surface area contributed by atoms with E-state index in [1.165, 1.54) is 11.3 Å². The zero-order valence-corrected chi connectivity index (χ0v) is 12.5. The average Bonchev–Trinajstić information content (AvgIpc) is 2.86. The van der Waals surface area contributed by atoms with Crippen molar-refractivity contribution >= 4 is 22.4 Å². The number of nitriles is 1. The summed E-state index contributed by atoms with van der Waals surface area (Å²) in [4.78, 5) is 12.3. The Morgan fingerprint density at radius 2 is 1.95 bits per heavy atom. The molecule has 104 valence electrons. The van der Waals surface area contributed by atoms with Crippen LogP contribution in [-0.2, 0) is 11.2 Å². The molecule has 1 amide bonds. The molecule has 0 spiro atoms. The van der Waals surface area contributed by atoms with E-state index in [4.69, 9.17) is 0 Å². The molecule has 0 saturated carbocycles. The van der Waals surface area contributed by atoms with Crippen molar-refractivity contribution < 1.29 is 4.79 Å². The predicted octanol–water partition coefficient (Wildman–Crippen LogP) is 3.15. The number of amides is 1. The minimum atomic E-state index is -0.943. The topological polar surface area (TPSA) is 78.7 Å². The summed E-state index contributed by atoms with van der Waals surface area (Å²) in [7, 11) is 0. The fraction of sp³-hybridized carbons (Fsp3) is 0.692. The predicted molar refractivity (Wildman–Crippen MR) is 75.8 cm³/mol. The van der Waals surface area contributed by atoms with Crippen LogP contribution in [0.1, 0.15) is 51.5 Å². The highest BCUT2D eigenvalue weighted by Gasteiger charge is 2.37. The molecular formula is C13H20N4OS. The summed E-state index contributed by atoms with van der Waals surface area (Å²) in [6.07, 6.45) is 3.54. The highest BCUT2D eigenvalue weighted by Crippen LogP contribution is 2.31. The maximum absolute atomic E-state index is 12.3. The van der Waals surface area contributed by atoms with E-state index in [0.717, 1.165) is 24.3 Å². The molecule has 0 unspecified atom stereocenters. The Kier molecular flexibility index (Phi) is 5.90. The first kappa shape index (κ1) is 15.6. The Balaban J connectivity index is 2.85. The Morgan fingerprint density at radius 3 is 2.37 bits per heavy atom. The van der Waals surface area contributed by atoms with Gasteiger partial charge in [-0.25, -0.2) is 0 Å². The molecule has 1 aromatic heterocycles. The summed E-state index contributed by atoms with van der Waals surface area (Å²) >= 11 is 1.36. The largest absolute Gasteiger partial charge is 0.299 e. The first-order chi connectivity index (χ1) is 9.11. The van der Waals surface area contributed by atoms with Crippen LogP contribution in [0.3, 0.4) is 0 Å². The molecule has 0 aromatic carbocycles. The molecule has 0 radical (unpaired) electrons. The third kappa shape index (κ3) is 3.74. The molecule has 0 aliphatic rings. The van der Waals surface area contributed by atoms with Gasteiger partial charge in [-0.05, 0) is 19.3 Å². The molecule has 0 saturated heterocycles. The van der Waals surface area contributed by atoms with Crippen molar-refractivity contribution in [3.05, 3.63) is 5.01 Å². The van der Waals surface area contributed by atoms with Crippen molar-refractivity contribution in [2.24, 2.45) is 5.41 Å². The van der Waals surface area contributed by atoms with Gasteiger partial charge in [0, 0.05) is 0 Å². The van der Waals surface area contributed by atoms with E-state index in [1.807, 2.05) is 20.8 Å². The SMILES string of the molecule is CCCC(C#N)(CCC)C(=O)Nc1nnc(CC)s1. The molecule has 0 aliphatic heterocycles. The molecule has 0 atom stereocenters. The molecule has 1 heterocycles. The molecule has 0 bridgehead atoms. The summed E-state index contributed by atoms with van der Waals surface area (Å²) < 4.78 is 0. The number of carbonyl (C=O) groups is 1. The van der Waals surface area contributed by atoms with Crippen LogP contribution < -0.4 is 5.32 Å². The summed E-state index contributed by atoms with van der Waals surface area (Å²) in [5.74, 6) is -0.252. The van der Waals surface area contributed by atoms with E-state index in [0.29, 0.717) is 18.0 Å². The zero-order chi connectivity index (χ0) is 14.3. The number of nitrogens with zero attached hydrogens (tertiary/aromatic N) is 3. The van der Waals surface area contributed by atoms with E-state index >= 15 is 0 Å². The molecule has 5 nitrogen and oxygen atoms in total. The minimum Gasteiger partial charge on any atom is -0.299 e. The van der Waals surface area contributed by atoms with Crippen LogP contribution in [0, 0.1) is 16.7 Å². The van der Waals surface area contributed by atoms with Gasteiger partial charge in [0.05, 0.1) is 6.07 Å². The van der Waals surface area contributed by atoms with Gasteiger partial charge < -0.3 is 0 Å². The van der Waals surface area contributed by atoms with E-state index in [-0.39, 0.29) is 5.91 Å². The van der Waals surface area contributed by atoms with Crippen molar-refractivity contribution in [3.8, 4) is 6.07 Å². The quantitative estimate of drug-likeness (QED) is 0.832. The second-order valence-corrected chi connectivity index (χ2v) is 5.56. The van der Waals surface area contributed by atoms with Crippen LogP contribution in [-0.4, -0.2) is 16.1 Å². The van der Waals surface area contributed by atoms with Gasteiger partial charge in [0.2, 0.25) is 11.0 Å². The van der Waals surface area contributed by atoms with Crippen LogP contribution >= 0.6 is 11.3 Å². The summed E-state index contributed by atoms with van der Waals surface area (Å²) in [5.41, 5.74) is -0.943. The second-order valence-electron chi connectivity index (χ2n) is 4.50. The average molecular weight is 280 g/mol. The number of nitrogens with one attached hydrogen (secondary N) is 1. The van der Waals surface area contributed by atoms with Crippen LogP contribution in [0.4, 0.5) is 5.13 Å². The van der Waals surface area contributed by atoms with Gasteiger partial charge in [-0.15, -0.1) is 10.2 Å². The molecule has 1 aromatic rings. The monoisotopic (exact) mass is 280 g/mol. The van der Waals surface area contributed by atoms with E-state index in [2.05, 4.69) is 21.6 Å². The molecule has 19 heavy (non-hydrogen) atoms. The highest BCUT2D eigenvalue weighted by molar-refractivity contribution is 7.15. The van der Waals surface area contributed by atoms with Gasteiger partial charge >= 0.3 is 0 Å². The Bertz CT molecular complexity index is 457. The molecule has 0 aliphatic carbocycles. The second kappa shape index (κ2) is 7.19. The number of rotatable bonds is 7. The summed E-state index contributed by atoms with van der Waals surface area (Å²) in [5, 5.41) is 21.4. The van der Waals surface area contributed by atoms with E-state index in [9.17, 15) is 10.1 Å². The standard InChI is InChI=1S/C13H20N4OS/c1-4-7-13(9-14,8-5-2)11(18)15-12-17-16-10(6-3)19-12/h4-8H2,1-3H3,(H,15,17,18).